The van der Waals surface area contributed by atoms with Crippen LogP contribution in [0.5, 0.6) is 0 Å². The zero-order valence-corrected chi connectivity index (χ0v) is 11.2. The summed E-state index contributed by atoms with van der Waals surface area (Å²) in [5.41, 5.74) is 0.396. The van der Waals surface area contributed by atoms with Gasteiger partial charge in [-0.05, 0) is 55.2 Å². The Bertz CT molecular complexity index is 458. The fourth-order valence-corrected chi connectivity index (χ4v) is 4.70. The van der Waals surface area contributed by atoms with E-state index in [1.165, 1.54) is 25.7 Å². The van der Waals surface area contributed by atoms with Crippen LogP contribution in [-0.4, -0.2) is 16.8 Å². The van der Waals surface area contributed by atoms with Crippen LogP contribution in [0, 0.1) is 17.8 Å². The summed E-state index contributed by atoms with van der Waals surface area (Å²) in [7, 11) is 0. The van der Waals surface area contributed by atoms with Crippen LogP contribution in [0.1, 0.15) is 36.0 Å². The van der Waals surface area contributed by atoms with E-state index in [0.717, 1.165) is 28.4 Å². The van der Waals surface area contributed by atoms with E-state index < -0.39 is 5.97 Å². The Labute approximate surface area is 112 Å². The quantitative estimate of drug-likeness (QED) is 0.836. The van der Waals surface area contributed by atoms with Crippen molar-refractivity contribution in [2.24, 2.45) is 17.8 Å². The molecule has 3 heteroatoms. The minimum Gasteiger partial charge on any atom is -0.478 e. The minimum atomic E-state index is -0.836. The molecule has 0 aromatic heterocycles. The van der Waals surface area contributed by atoms with E-state index in [9.17, 15) is 4.79 Å². The van der Waals surface area contributed by atoms with E-state index >= 15 is 0 Å². The number of carbonyl (C=O) groups is 1. The fraction of sp³-hybridized carbons (Fsp3) is 0.533. The van der Waals surface area contributed by atoms with Gasteiger partial charge in [0.1, 0.15) is 0 Å². The number of benzene rings is 1. The van der Waals surface area contributed by atoms with Gasteiger partial charge >= 0.3 is 5.97 Å². The van der Waals surface area contributed by atoms with Crippen molar-refractivity contribution in [3.8, 4) is 0 Å². The average molecular weight is 262 g/mol. The molecule has 1 aromatic rings. The maximum atomic E-state index is 10.9. The maximum absolute atomic E-state index is 10.9. The van der Waals surface area contributed by atoms with Gasteiger partial charge in [-0.1, -0.05) is 12.5 Å². The number of carboxylic acid groups (broad SMARTS) is 1. The molecular weight excluding hydrogens is 244 g/mol. The number of carboxylic acids is 1. The van der Waals surface area contributed by atoms with Gasteiger partial charge in [-0.15, -0.1) is 11.8 Å². The molecule has 2 fully saturated rings. The molecular formula is C15H18O2S. The molecule has 1 aromatic carbocycles. The minimum absolute atomic E-state index is 0.396. The molecule has 3 atom stereocenters. The van der Waals surface area contributed by atoms with Gasteiger partial charge in [0.25, 0.3) is 0 Å². The highest BCUT2D eigenvalue weighted by atomic mass is 32.2. The van der Waals surface area contributed by atoms with Crippen LogP contribution >= 0.6 is 11.8 Å². The predicted octanol–water partition coefficient (Wildman–Crippen LogP) is 3.91. The summed E-state index contributed by atoms with van der Waals surface area (Å²) in [5, 5.41) is 8.97. The molecule has 2 aliphatic rings. The average Bonchev–Trinajstić information content (AvgIpc) is 2.99. The molecule has 2 nitrogen and oxygen atoms in total. The topological polar surface area (TPSA) is 37.3 Å². The second-order valence-electron chi connectivity index (χ2n) is 5.58. The van der Waals surface area contributed by atoms with Crippen molar-refractivity contribution in [2.45, 2.75) is 30.6 Å². The Balaban J connectivity index is 1.60. The molecule has 0 saturated heterocycles. The van der Waals surface area contributed by atoms with Gasteiger partial charge in [0, 0.05) is 10.6 Å². The molecule has 2 bridgehead atoms. The molecule has 0 aliphatic heterocycles. The Morgan fingerprint density at radius 3 is 2.89 bits per heavy atom. The molecule has 3 unspecified atom stereocenters. The van der Waals surface area contributed by atoms with Crippen molar-refractivity contribution in [3.63, 3.8) is 0 Å². The van der Waals surface area contributed by atoms with Gasteiger partial charge in [0.15, 0.2) is 0 Å². The second-order valence-corrected chi connectivity index (χ2v) is 6.67. The molecule has 0 heterocycles. The summed E-state index contributed by atoms with van der Waals surface area (Å²) in [6.07, 6.45) is 5.71. The normalized spacial score (nSPS) is 29.7. The molecule has 96 valence electrons. The van der Waals surface area contributed by atoms with Gasteiger partial charge in [0.2, 0.25) is 0 Å². The summed E-state index contributed by atoms with van der Waals surface area (Å²) in [4.78, 5) is 12.0. The van der Waals surface area contributed by atoms with Crippen molar-refractivity contribution in [1.82, 2.24) is 0 Å². The van der Waals surface area contributed by atoms with Crippen LogP contribution in [0.3, 0.4) is 0 Å². The number of aromatic carboxylic acids is 1. The highest BCUT2D eigenvalue weighted by Crippen LogP contribution is 2.49. The summed E-state index contributed by atoms with van der Waals surface area (Å²) < 4.78 is 0. The lowest BCUT2D eigenvalue weighted by molar-refractivity contribution is 0.0696. The lowest BCUT2D eigenvalue weighted by atomic mass is 9.90. The fourth-order valence-electron chi connectivity index (χ4n) is 3.50. The maximum Gasteiger partial charge on any atom is 0.335 e. The van der Waals surface area contributed by atoms with Crippen LogP contribution in [-0.2, 0) is 0 Å². The van der Waals surface area contributed by atoms with E-state index in [1.54, 1.807) is 12.1 Å². The Morgan fingerprint density at radius 2 is 2.22 bits per heavy atom. The number of fused-ring (bicyclic) bond motifs is 2. The number of thioether (sulfide) groups is 1. The lowest BCUT2D eigenvalue weighted by Crippen LogP contribution is -2.12. The van der Waals surface area contributed by atoms with Crippen LogP contribution in [0.2, 0.25) is 0 Å². The third-order valence-corrected chi connectivity index (χ3v) is 5.61. The molecule has 1 N–H and O–H groups in total. The molecule has 18 heavy (non-hydrogen) atoms. The van der Waals surface area contributed by atoms with Crippen molar-refractivity contribution in [3.05, 3.63) is 29.8 Å². The zero-order valence-electron chi connectivity index (χ0n) is 10.3. The highest BCUT2D eigenvalue weighted by molar-refractivity contribution is 7.99. The first-order valence-corrected chi connectivity index (χ1v) is 7.67. The zero-order chi connectivity index (χ0) is 12.5. The monoisotopic (exact) mass is 262 g/mol. The SMILES string of the molecule is O=C(O)c1cccc(SCC2CC3CCC2C3)c1. The first-order valence-electron chi connectivity index (χ1n) is 6.68. The van der Waals surface area contributed by atoms with Crippen molar-refractivity contribution in [2.75, 3.05) is 5.75 Å². The number of rotatable bonds is 4. The Kier molecular flexibility index (Phi) is 3.33. The first kappa shape index (κ1) is 12.1. The van der Waals surface area contributed by atoms with Crippen LogP contribution < -0.4 is 0 Å². The molecule has 0 radical (unpaired) electrons. The predicted molar refractivity (Wildman–Crippen MR) is 73.1 cm³/mol. The van der Waals surface area contributed by atoms with Crippen molar-refractivity contribution < 1.29 is 9.90 Å². The van der Waals surface area contributed by atoms with Crippen molar-refractivity contribution >= 4 is 17.7 Å². The standard InChI is InChI=1S/C15H18O2S/c16-15(17)12-2-1-3-14(8-12)18-9-13-7-10-4-5-11(13)6-10/h1-3,8,10-11,13H,4-7,9H2,(H,16,17). The van der Waals surface area contributed by atoms with Crippen LogP contribution in [0.4, 0.5) is 0 Å². The summed E-state index contributed by atoms with van der Waals surface area (Å²) >= 11 is 1.83. The van der Waals surface area contributed by atoms with Gasteiger partial charge in [-0.2, -0.15) is 0 Å². The number of hydrogen-bond donors (Lipinski definition) is 1. The van der Waals surface area contributed by atoms with E-state index in [4.69, 9.17) is 5.11 Å². The summed E-state index contributed by atoms with van der Waals surface area (Å²) in [6, 6.07) is 7.31. The number of hydrogen-bond acceptors (Lipinski definition) is 2. The van der Waals surface area contributed by atoms with Gasteiger partial charge in [-0.3, -0.25) is 0 Å². The Hall–Kier alpha value is -0.960. The molecule has 2 saturated carbocycles. The molecule has 0 spiro atoms. The first-order chi connectivity index (χ1) is 8.72. The summed E-state index contributed by atoms with van der Waals surface area (Å²) in [6.45, 7) is 0. The van der Waals surface area contributed by atoms with Gasteiger partial charge < -0.3 is 5.11 Å². The molecule has 2 aliphatic carbocycles. The Morgan fingerprint density at radius 1 is 1.33 bits per heavy atom. The van der Waals surface area contributed by atoms with E-state index in [1.807, 2.05) is 23.9 Å². The second kappa shape index (κ2) is 4.96. The van der Waals surface area contributed by atoms with Crippen LogP contribution in [0.15, 0.2) is 29.2 Å². The summed E-state index contributed by atoms with van der Waals surface area (Å²) in [5.74, 6) is 3.13. The molecule has 3 rings (SSSR count). The lowest BCUT2D eigenvalue weighted by Gasteiger charge is -2.21. The van der Waals surface area contributed by atoms with Gasteiger partial charge in [0.05, 0.1) is 5.56 Å². The molecule has 0 amide bonds. The third kappa shape index (κ3) is 2.41. The van der Waals surface area contributed by atoms with Crippen LogP contribution in [0.25, 0.3) is 0 Å². The smallest absolute Gasteiger partial charge is 0.335 e. The third-order valence-electron chi connectivity index (χ3n) is 4.43. The van der Waals surface area contributed by atoms with E-state index in [0.29, 0.717) is 5.56 Å². The van der Waals surface area contributed by atoms with Crippen molar-refractivity contribution in [1.29, 1.82) is 0 Å². The largest absolute Gasteiger partial charge is 0.478 e. The van der Waals surface area contributed by atoms with E-state index in [-0.39, 0.29) is 0 Å². The highest BCUT2D eigenvalue weighted by Gasteiger charge is 2.39. The van der Waals surface area contributed by atoms with E-state index in [2.05, 4.69) is 0 Å². The van der Waals surface area contributed by atoms with Gasteiger partial charge in [-0.25, -0.2) is 4.79 Å².